The van der Waals surface area contributed by atoms with Gasteiger partial charge in [0.05, 0.1) is 15.9 Å². The molecule has 11 heteroatoms. The summed E-state index contributed by atoms with van der Waals surface area (Å²) in [5.74, 6) is 0.491. The molecule has 3 heterocycles. The summed E-state index contributed by atoms with van der Waals surface area (Å²) >= 11 is 0. The van der Waals surface area contributed by atoms with Gasteiger partial charge in [0.25, 0.3) is 0 Å². The third-order valence-electron chi connectivity index (χ3n) is 6.67. The summed E-state index contributed by atoms with van der Waals surface area (Å²) in [6.07, 6.45) is 1.77. The normalized spacial score (nSPS) is 23.1. The minimum Gasteiger partial charge on any atom is -0.387 e. The van der Waals surface area contributed by atoms with Crippen molar-refractivity contribution in [1.29, 1.82) is 0 Å². The lowest BCUT2D eigenvalue weighted by Gasteiger charge is -2.17. The van der Waals surface area contributed by atoms with E-state index >= 15 is 0 Å². The molecule has 0 amide bonds. The van der Waals surface area contributed by atoms with Gasteiger partial charge in [-0.25, -0.2) is 23.5 Å². The van der Waals surface area contributed by atoms with Crippen molar-refractivity contribution in [3.05, 3.63) is 67.1 Å². The van der Waals surface area contributed by atoms with Gasteiger partial charge in [-0.1, -0.05) is 30.3 Å². The van der Waals surface area contributed by atoms with Crippen LogP contribution in [-0.2, 0) is 14.8 Å². The van der Waals surface area contributed by atoms with Crippen LogP contribution in [0, 0.1) is 0 Å². The third-order valence-corrected chi connectivity index (χ3v) is 7.60. The SMILES string of the molecule is NS(=O)(=O)c1ccc(Nc2ncnc3c2c(-c2ccccc2)cn3[C@@H]2OC3(CC3)[C@@H](O)[C@H]2O)cc1. The Labute approximate surface area is 201 Å². The molecule has 0 radical (unpaired) electrons. The van der Waals surface area contributed by atoms with Crippen molar-refractivity contribution in [1.82, 2.24) is 14.5 Å². The van der Waals surface area contributed by atoms with E-state index in [1.54, 1.807) is 16.7 Å². The van der Waals surface area contributed by atoms with Crippen molar-refractivity contribution in [2.24, 2.45) is 5.14 Å². The van der Waals surface area contributed by atoms with Gasteiger partial charge < -0.3 is 24.8 Å². The molecule has 2 aromatic heterocycles. The Balaban J connectivity index is 1.48. The average Bonchev–Trinajstić information content (AvgIpc) is 3.48. The van der Waals surface area contributed by atoms with Gasteiger partial charge in [0.15, 0.2) is 6.23 Å². The Morgan fingerprint density at radius 2 is 1.77 bits per heavy atom. The smallest absolute Gasteiger partial charge is 0.238 e. The average molecular weight is 494 g/mol. The Kier molecular flexibility index (Phi) is 4.95. The summed E-state index contributed by atoms with van der Waals surface area (Å²) in [6.45, 7) is 0. The number of nitrogens with one attached hydrogen (secondary N) is 1. The summed E-state index contributed by atoms with van der Waals surface area (Å²) in [5.41, 5.74) is 2.15. The number of sulfonamides is 1. The number of rotatable bonds is 5. The highest BCUT2D eigenvalue weighted by molar-refractivity contribution is 7.89. The molecule has 1 aliphatic carbocycles. The quantitative estimate of drug-likeness (QED) is 0.330. The lowest BCUT2D eigenvalue weighted by molar-refractivity contribution is -0.0456. The summed E-state index contributed by atoms with van der Waals surface area (Å²) in [4.78, 5) is 8.94. The summed E-state index contributed by atoms with van der Waals surface area (Å²) in [6, 6.07) is 15.7. The van der Waals surface area contributed by atoms with E-state index in [1.807, 2.05) is 36.5 Å². The Bertz CT molecular complexity index is 1520. The topological polar surface area (TPSA) is 153 Å². The molecule has 35 heavy (non-hydrogen) atoms. The monoisotopic (exact) mass is 493 g/mol. The number of benzene rings is 2. The Morgan fingerprint density at radius 3 is 2.40 bits per heavy atom. The fourth-order valence-electron chi connectivity index (χ4n) is 4.68. The molecular weight excluding hydrogens is 470 g/mol. The van der Waals surface area contributed by atoms with E-state index in [2.05, 4.69) is 15.3 Å². The number of nitrogens with two attached hydrogens (primary N) is 1. The molecule has 5 N–H and O–H groups in total. The zero-order valence-electron chi connectivity index (χ0n) is 18.4. The lowest BCUT2D eigenvalue weighted by atomic mass is 10.1. The highest BCUT2D eigenvalue weighted by Crippen LogP contribution is 2.53. The summed E-state index contributed by atoms with van der Waals surface area (Å²) in [5, 5.41) is 30.5. The fourth-order valence-corrected chi connectivity index (χ4v) is 5.20. The number of nitrogens with zero attached hydrogens (tertiary/aromatic N) is 3. The lowest BCUT2D eigenvalue weighted by Crippen LogP contribution is -2.32. The van der Waals surface area contributed by atoms with E-state index in [0.29, 0.717) is 35.4 Å². The predicted molar refractivity (Wildman–Crippen MR) is 128 cm³/mol. The third kappa shape index (κ3) is 3.68. The maximum Gasteiger partial charge on any atom is 0.238 e. The van der Waals surface area contributed by atoms with Crippen LogP contribution >= 0.6 is 0 Å². The predicted octanol–water partition coefficient (Wildman–Crippen LogP) is 2.27. The second kappa shape index (κ2) is 7.83. The molecular formula is C24H23N5O5S. The van der Waals surface area contributed by atoms with Gasteiger partial charge in [0, 0.05) is 17.4 Å². The standard InChI is InChI=1S/C24H23N5O5S/c25-35(32,33)16-8-6-15(7-9-16)28-21-18-17(14-4-2-1-3-5-14)12-29(22(18)27-13-26-21)23-19(30)20(31)24(34-23)10-11-24/h1-9,12-13,19-20,23,30-31H,10-11H2,(H2,25,32,33)(H,26,27,28)/t19-,20+,23-/m1/s1. The van der Waals surface area contributed by atoms with E-state index in [0.717, 1.165) is 11.1 Å². The number of aliphatic hydroxyl groups excluding tert-OH is 2. The highest BCUT2D eigenvalue weighted by Gasteiger charge is 2.62. The van der Waals surface area contributed by atoms with Crippen LogP contribution in [0.3, 0.4) is 0 Å². The molecule has 0 unspecified atom stereocenters. The highest BCUT2D eigenvalue weighted by atomic mass is 32.2. The van der Waals surface area contributed by atoms with Gasteiger partial charge in [0.1, 0.15) is 30.0 Å². The van der Waals surface area contributed by atoms with Crippen LogP contribution in [0.25, 0.3) is 22.2 Å². The van der Waals surface area contributed by atoms with Crippen LogP contribution in [0.5, 0.6) is 0 Å². The summed E-state index contributed by atoms with van der Waals surface area (Å²) < 4.78 is 31.1. The Morgan fingerprint density at radius 1 is 1.06 bits per heavy atom. The number of aliphatic hydroxyl groups is 2. The van der Waals surface area contributed by atoms with E-state index in [4.69, 9.17) is 9.88 Å². The molecule has 2 aromatic carbocycles. The molecule has 1 saturated heterocycles. The van der Waals surface area contributed by atoms with Crippen LogP contribution < -0.4 is 10.5 Å². The molecule has 1 saturated carbocycles. The van der Waals surface area contributed by atoms with Crippen molar-refractivity contribution in [3.63, 3.8) is 0 Å². The van der Waals surface area contributed by atoms with Crippen LogP contribution in [0.1, 0.15) is 19.1 Å². The number of hydrogen-bond donors (Lipinski definition) is 4. The van der Waals surface area contributed by atoms with E-state index in [1.165, 1.54) is 18.5 Å². The van der Waals surface area contributed by atoms with Crippen LogP contribution in [0.4, 0.5) is 11.5 Å². The molecule has 1 spiro atoms. The van der Waals surface area contributed by atoms with Gasteiger partial charge in [-0.3, -0.25) is 0 Å². The summed E-state index contributed by atoms with van der Waals surface area (Å²) in [7, 11) is -3.80. The minimum absolute atomic E-state index is 0.00643. The molecule has 3 atom stereocenters. The van der Waals surface area contributed by atoms with Gasteiger partial charge in [-0.2, -0.15) is 0 Å². The van der Waals surface area contributed by atoms with Crippen LogP contribution in [-0.4, -0.2) is 51.0 Å². The molecule has 1 aliphatic heterocycles. The van der Waals surface area contributed by atoms with Crippen molar-refractivity contribution in [3.8, 4) is 11.1 Å². The number of ether oxygens (including phenoxy) is 1. The van der Waals surface area contributed by atoms with Crippen molar-refractivity contribution in [2.45, 2.75) is 41.8 Å². The van der Waals surface area contributed by atoms with Gasteiger partial charge in [-0.05, 0) is 42.7 Å². The Hall–Kier alpha value is -3.35. The zero-order valence-corrected chi connectivity index (χ0v) is 19.3. The molecule has 0 bridgehead atoms. The molecule has 2 fully saturated rings. The first-order valence-electron chi connectivity index (χ1n) is 11.1. The number of fused-ring (bicyclic) bond motifs is 1. The first-order valence-corrected chi connectivity index (χ1v) is 12.7. The van der Waals surface area contributed by atoms with Crippen LogP contribution in [0.15, 0.2) is 72.0 Å². The van der Waals surface area contributed by atoms with E-state index in [-0.39, 0.29) is 4.90 Å². The van der Waals surface area contributed by atoms with Gasteiger partial charge >= 0.3 is 0 Å². The maximum absolute atomic E-state index is 11.6. The second-order valence-corrected chi connectivity index (χ2v) is 10.5. The molecule has 180 valence electrons. The molecule has 2 aliphatic rings. The van der Waals surface area contributed by atoms with Gasteiger partial charge in [-0.15, -0.1) is 0 Å². The van der Waals surface area contributed by atoms with Crippen molar-refractivity contribution < 1.29 is 23.4 Å². The largest absolute Gasteiger partial charge is 0.387 e. The minimum atomic E-state index is -3.80. The second-order valence-electron chi connectivity index (χ2n) is 8.94. The van der Waals surface area contributed by atoms with E-state index < -0.39 is 34.1 Å². The first kappa shape index (κ1) is 22.1. The number of aromatic nitrogens is 3. The number of anilines is 2. The van der Waals surface area contributed by atoms with Gasteiger partial charge in [0.2, 0.25) is 10.0 Å². The van der Waals surface area contributed by atoms with Crippen molar-refractivity contribution in [2.75, 3.05) is 5.32 Å². The molecule has 10 nitrogen and oxygen atoms in total. The molecule has 6 rings (SSSR count). The fraction of sp³-hybridized carbons (Fsp3) is 0.250. The maximum atomic E-state index is 11.6. The molecule has 4 aromatic rings. The van der Waals surface area contributed by atoms with Crippen molar-refractivity contribution >= 4 is 32.6 Å². The van der Waals surface area contributed by atoms with E-state index in [9.17, 15) is 18.6 Å². The first-order chi connectivity index (χ1) is 16.8. The number of hydrogen-bond acceptors (Lipinski definition) is 8. The zero-order chi connectivity index (χ0) is 24.4. The number of primary sulfonamides is 1. The van der Waals surface area contributed by atoms with Crippen LogP contribution in [0.2, 0.25) is 0 Å².